The van der Waals surface area contributed by atoms with Gasteiger partial charge >= 0.3 is 30.0 Å². The van der Waals surface area contributed by atoms with Gasteiger partial charge in [0.15, 0.2) is 0 Å². The molecule has 60 valence electrons. The Bertz CT molecular complexity index is 120. The molecule has 0 unspecified atom stereocenters. The molecule has 0 bridgehead atoms. The van der Waals surface area contributed by atoms with Crippen LogP contribution in [-0.4, -0.2) is 40.3 Å². The Morgan fingerprint density at radius 1 is 1.70 bits per heavy atom. The Balaban J connectivity index is 0. The molecular weight excluding hydrogens is 277 g/mol. The molecule has 0 N–H and O–H groups in total. The predicted octanol–water partition coefficient (Wildman–Crippen LogP) is -0.151. The molecule has 0 aromatic rings. The van der Waals surface area contributed by atoms with Gasteiger partial charge in [0, 0.05) is 0 Å². The van der Waals surface area contributed by atoms with Crippen molar-refractivity contribution in [2.24, 2.45) is 0 Å². The summed E-state index contributed by atoms with van der Waals surface area (Å²) < 4.78 is 5.22. The molecule has 0 aliphatic rings. The van der Waals surface area contributed by atoms with E-state index < -0.39 is 6.09 Å². The summed E-state index contributed by atoms with van der Waals surface area (Å²) in [7, 11) is 0. The van der Waals surface area contributed by atoms with Crippen LogP contribution in [0.3, 0.4) is 0 Å². The molecule has 0 aromatic carbocycles. The molecule has 10 heavy (non-hydrogen) atoms. The van der Waals surface area contributed by atoms with Gasteiger partial charge in [-0.1, -0.05) is 12.7 Å². The number of carbonyl (C=O) groups is 1. The maximum absolute atomic E-state index is 10.4. The second-order valence-corrected chi connectivity index (χ2v) is 2.27. The van der Waals surface area contributed by atoms with E-state index in [-0.39, 0.29) is 30.5 Å². The number of carbonyl (C=O) groups excluding carboxylic acids is 1. The zero-order valence-corrected chi connectivity index (χ0v) is 6.44. The average molecular weight is 288 g/mol. The fourth-order valence-corrected chi connectivity index (χ4v) is 0.303. The first-order valence-corrected chi connectivity index (χ1v) is 2.94. The Morgan fingerprint density at radius 2 is 2.20 bits per heavy atom. The summed E-state index contributed by atoms with van der Waals surface area (Å²) in [5.74, 6) is 0. The monoisotopic (exact) mass is 289 g/mol. The van der Waals surface area contributed by atoms with Gasteiger partial charge in [0.25, 0.3) is 0 Å². The number of amides is 1. The van der Waals surface area contributed by atoms with E-state index in [1.807, 2.05) is 0 Å². The van der Waals surface area contributed by atoms with Crippen molar-refractivity contribution < 1.29 is 9.53 Å². The van der Waals surface area contributed by atoms with Gasteiger partial charge in [0.1, 0.15) is 6.61 Å². The van der Waals surface area contributed by atoms with E-state index in [9.17, 15) is 4.79 Å². The van der Waals surface area contributed by atoms with E-state index in [4.69, 9.17) is 0 Å². The molecule has 0 spiro atoms. The third-order valence-corrected chi connectivity index (χ3v) is 0.815. The Labute approximate surface area is 87.8 Å². The zero-order chi connectivity index (χ0) is 7.28. The molecule has 0 aliphatic heterocycles. The normalized spacial score (nSPS) is 7.40. The topological polar surface area (TPSA) is 29.5 Å². The zero-order valence-electron chi connectivity index (χ0n) is 4.65. The maximum atomic E-state index is 10.4. The van der Waals surface area contributed by atoms with Crippen LogP contribution in [0.2, 0.25) is 0 Å². The second kappa shape index (κ2) is 7.61. The Hall–Kier alpha value is 0.509. The van der Waals surface area contributed by atoms with Crippen molar-refractivity contribution in [1.29, 1.82) is 0 Å². The first kappa shape index (κ1) is 13.1. The van der Waals surface area contributed by atoms with Crippen LogP contribution in [0.5, 0.6) is 0 Å². The van der Waals surface area contributed by atoms with E-state index in [1.54, 1.807) is 0 Å². The molecule has 0 radical (unpaired) electrons. The quantitative estimate of drug-likeness (QED) is 0.420. The van der Waals surface area contributed by atoms with Crippen molar-refractivity contribution in [2.45, 2.75) is 0 Å². The standard InChI is InChI=1S/C4H7NO2S2.Sn.4H/c1-2-3-7-4(6)5(8)9;;;;;/h2,8-9H,1,3H2;;;;;. The van der Waals surface area contributed by atoms with Gasteiger partial charge in [-0.3, -0.25) is 0 Å². The SMILES string of the molecule is C=CCOC(=O)N(S)S.[SnH4]. The van der Waals surface area contributed by atoms with Crippen LogP contribution in [0.1, 0.15) is 0 Å². The van der Waals surface area contributed by atoms with Crippen LogP contribution in [0, 0.1) is 0 Å². The summed E-state index contributed by atoms with van der Waals surface area (Å²) in [5.41, 5.74) is 0. The van der Waals surface area contributed by atoms with Crippen LogP contribution in [-0.2, 0) is 4.74 Å². The first-order chi connectivity index (χ1) is 4.18. The fourth-order valence-electron chi connectivity index (χ4n) is 0.188. The van der Waals surface area contributed by atoms with Gasteiger partial charge in [-0.2, -0.15) is 3.71 Å². The van der Waals surface area contributed by atoms with Crippen molar-refractivity contribution in [1.82, 2.24) is 3.71 Å². The molecule has 0 atom stereocenters. The number of hydrogen-bond donors (Lipinski definition) is 2. The predicted molar refractivity (Wildman–Crippen MR) is 52.7 cm³/mol. The third-order valence-electron chi connectivity index (χ3n) is 0.488. The van der Waals surface area contributed by atoms with E-state index in [2.05, 4.69) is 36.9 Å². The van der Waals surface area contributed by atoms with E-state index in [1.165, 1.54) is 6.08 Å². The van der Waals surface area contributed by atoms with Crippen LogP contribution < -0.4 is 0 Å². The van der Waals surface area contributed by atoms with Crippen molar-refractivity contribution in [3.05, 3.63) is 12.7 Å². The second-order valence-electron chi connectivity index (χ2n) is 1.16. The van der Waals surface area contributed by atoms with Crippen molar-refractivity contribution >= 4 is 55.6 Å². The number of nitrogens with zero attached hydrogens (tertiary/aromatic N) is 1. The summed E-state index contributed by atoms with van der Waals surface area (Å²) in [4.78, 5) is 10.4. The van der Waals surface area contributed by atoms with Gasteiger partial charge in [-0.25, -0.2) is 4.79 Å². The molecule has 0 rings (SSSR count). The van der Waals surface area contributed by atoms with Crippen molar-refractivity contribution in [2.75, 3.05) is 6.61 Å². The molecule has 0 fully saturated rings. The molecular formula is C4H11NO2S2Sn. The van der Waals surface area contributed by atoms with Gasteiger partial charge < -0.3 is 4.74 Å². The molecule has 0 saturated heterocycles. The van der Waals surface area contributed by atoms with Crippen LogP contribution in [0.4, 0.5) is 4.79 Å². The fraction of sp³-hybridized carbons (Fsp3) is 0.250. The molecule has 0 aliphatic carbocycles. The van der Waals surface area contributed by atoms with Crippen molar-refractivity contribution in [3.63, 3.8) is 0 Å². The minimum absolute atomic E-state index is 0. The van der Waals surface area contributed by atoms with Crippen LogP contribution in [0.25, 0.3) is 0 Å². The van der Waals surface area contributed by atoms with E-state index in [0.717, 1.165) is 3.71 Å². The average Bonchev–Trinajstić information content (AvgIpc) is 1.82. The Kier molecular flexibility index (Phi) is 9.99. The summed E-state index contributed by atoms with van der Waals surface area (Å²) >= 11 is 7.11. The van der Waals surface area contributed by atoms with Gasteiger partial charge in [0.05, 0.1) is 0 Å². The summed E-state index contributed by atoms with van der Waals surface area (Å²) in [6.45, 7) is 3.52. The molecule has 0 heterocycles. The number of ether oxygens (including phenoxy) is 1. The van der Waals surface area contributed by atoms with Gasteiger partial charge in [0.2, 0.25) is 0 Å². The Morgan fingerprint density at radius 3 is 2.50 bits per heavy atom. The van der Waals surface area contributed by atoms with Crippen molar-refractivity contribution in [3.8, 4) is 0 Å². The van der Waals surface area contributed by atoms with E-state index in [0.29, 0.717) is 0 Å². The summed E-state index contributed by atoms with van der Waals surface area (Å²) in [6, 6.07) is 0. The summed E-state index contributed by atoms with van der Waals surface area (Å²) in [5, 5.41) is 0. The van der Waals surface area contributed by atoms with Crippen LogP contribution in [0.15, 0.2) is 12.7 Å². The summed E-state index contributed by atoms with van der Waals surface area (Å²) in [6.07, 6.45) is 0.852. The van der Waals surface area contributed by atoms with Gasteiger partial charge in [-0.15, -0.1) is 0 Å². The minimum atomic E-state index is -0.610. The molecule has 1 amide bonds. The molecule has 0 saturated carbocycles. The molecule has 6 heteroatoms. The van der Waals surface area contributed by atoms with E-state index >= 15 is 0 Å². The number of rotatable bonds is 2. The molecule has 0 aromatic heterocycles. The molecule has 3 nitrogen and oxygen atoms in total. The number of hydrogen-bond acceptors (Lipinski definition) is 4. The van der Waals surface area contributed by atoms with Crippen LogP contribution >= 0.6 is 25.6 Å². The van der Waals surface area contributed by atoms with Gasteiger partial charge in [-0.05, 0) is 25.6 Å². The number of thiol groups is 2. The first-order valence-electron chi connectivity index (χ1n) is 2.14. The third kappa shape index (κ3) is 6.63.